The number of sulfonamides is 1. The highest BCUT2D eigenvalue weighted by molar-refractivity contribution is 7.89. The first kappa shape index (κ1) is 24.7. The summed E-state index contributed by atoms with van der Waals surface area (Å²) < 4.78 is 80.1. The summed E-state index contributed by atoms with van der Waals surface area (Å²) in [5.41, 5.74) is -0.447. The molecule has 0 aromatic heterocycles. The van der Waals surface area contributed by atoms with Crippen LogP contribution in [0.3, 0.4) is 0 Å². The minimum absolute atomic E-state index is 0.00712. The molecule has 0 aliphatic carbocycles. The van der Waals surface area contributed by atoms with Crippen molar-refractivity contribution in [2.45, 2.75) is 11.1 Å². The van der Waals surface area contributed by atoms with E-state index < -0.39 is 39.1 Å². The van der Waals surface area contributed by atoms with E-state index in [-0.39, 0.29) is 23.7 Å². The third kappa shape index (κ3) is 5.46. The van der Waals surface area contributed by atoms with Crippen molar-refractivity contribution in [1.29, 1.82) is 0 Å². The number of nitrogens with zero attached hydrogens (tertiary/aromatic N) is 2. The number of rotatable bonds is 5. The topological polar surface area (TPSA) is 69.7 Å². The smallest absolute Gasteiger partial charge is 0.369 e. The highest BCUT2D eigenvalue weighted by Crippen LogP contribution is 2.30. The zero-order chi connectivity index (χ0) is 25.2. The van der Waals surface area contributed by atoms with Crippen molar-refractivity contribution in [1.82, 2.24) is 4.31 Å². The maximum atomic E-state index is 14.4. The second-order valence-electron chi connectivity index (χ2n) is 7.90. The van der Waals surface area contributed by atoms with Gasteiger partial charge < -0.3 is 10.2 Å². The second kappa shape index (κ2) is 9.67. The molecule has 0 spiro atoms. The predicted octanol–water partition coefficient (Wildman–Crippen LogP) is 4.61. The van der Waals surface area contributed by atoms with E-state index in [1.807, 2.05) is 30.3 Å². The van der Waals surface area contributed by atoms with Crippen molar-refractivity contribution in [3.05, 3.63) is 89.7 Å². The van der Waals surface area contributed by atoms with Crippen LogP contribution in [-0.2, 0) is 16.2 Å². The van der Waals surface area contributed by atoms with Crippen molar-refractivity contribution in [3.8, 4) is 0 Å². The highest BCUT2D eigenvalue weighted by Gasteiger charge is 2.31. The van der Waals surface area contributed by atoms with E-state index in [1.165, 1.54) is 4.31 Å². The lowest BCUT2D eigenvalue weighted by Gasteiger charge is -2.35. The molecule has 6 nitrogen and oxygen atoms in total. The number of para-hydroxylation sites is 1. The van der Waals surface area contributed by atoms with Crippen LogP contribution < -0.4 is 10.2 Å². The van der Waals surface area contributed by atoms with E-state index in [0.717, 1.165) is 48.2 Å². The molecular weight excluding hydrogens is 486 g/mol. The molecule has 3 aromatic carbocycles. The van der Waals surface area contributed by atoms with Crippen LogP contribution in [0.5, 0.6) is 0 Å². The van der Waals surface area contributed by atoms with Gasteiger partial charge in [0, 0.05) is 37.6 Å². The number of amides is 1. The molecule has 4 rings (SSSR count). The Morgan fingerprint density at radius 3 is 2.09 bits per heavy atom. The monoisotopic (exact) mass is 507 g/mol. The number of piperazine rings is 1. The molecule has 35 heavy (non-hydrogen) atoms. The number of alkyl halides is 3. The Labute approximate surface area is 199 Å². The summed E-state index contributed by atoms with van der Waals surface area (Å²) in [5.74, 6) is -1.93. The summed E-state index contributed by atoms with van der Waals surface area (Å²) in [6.45, 7) is 1.35. The van der Waals surface area contributed by atoms with Gasteiger partial charge in [-0.2, -0.15) is 17.5 Å². The highest BCUT2D eigenvalue weighted by atomic mass is 32.2. The molecule has 1 aliphatic heterocycles. The van der Waals surface area contributed by atoms with Gasteiger partial charge in [0.05, 0.1) is 16.0 Å². The molecule has 1 N–H and O–H groups in total. The van der Waals surface area contributed by atoms with Gasteiger partial charge in [-0.3, -0.25) is 4.79 Å². The lowest BCUT2D eigenvalue weighted by atomic mass is 10.1. The number of carbonyl (C=O) groups is 1. The molecular formula is C24H21F4N3O3S. The fourth-order valence-electron chi connectivity index (χ4n) is 3.75. The second-order valence-corrected chi connectivity index (χ2v) is 9.84. The van der Waals surface area contributed by atoms with Gasteiger partial charge in [-0.05, 0) is 54.6 Å². The molecule has 3 aromatic rings. The van der Waals surface area contributed by atoms with Gasteiger partial charge in [0.1, 0.15) is 5.82 Å². The average molecular weight is 508 g/mol. The van der Waals surface area contributed by atoms with Crippen LogP contribution in [0.2, 0.25) is 0 Å². The van der Waals surface area contributed by atoms with Gasteiger partial charge in [0.2, 0.25) is 10.0 Å². The van der Waals surface area contributed by atoms with Crippen molar-refractivity contribution < 1.29 is 30.8 Å². The maximum Gasteiger partial charge on any atom is 0.416 e. The lowest BCUT2D eigenvalue weighted by Crippen LogP contribution is -2.48. The first-order valence-corrected chi connectivity index (χ1v) is 12.1. The quantitative estimate of drug-likeness (QED) is 0.513. The van der Waals surface area contributed by atoms with Gasteiger partial charge in [-0.1, -0.05) is 18.2 Å². The van der Waals surface area contributed by atoms with Crippen LogP contribution in [0, 0.1) is 5.82 Å². The third-order valence-electron chi connectivity index (χ3n) is 5.65. The zero-order valence-corrected chi connectivity index (χ0v) is 19.1. The number of halogens is 4. The van der Waals surface area contributed by atoms with Crippen LogP contribution in [0.25, 0.3) is 0 Å². The summed E-state index contributed by atoms with van der Waals surface area (Å²) >= 11 is 0. The third-order valence-corrected chi connectivity index (χ3v) is 7.54. The average Bonchev–Trinajstić information content (AvgIpc) is 2.84. The SMILES string of the molecule is O=C(Nc1ccc(C(F)(F)F)cc1)c1cc(S(=O)(=O)N2CCN(c3ccccc3)CC2)ccc1F. The number of benzene rings is 3. The summed E-state index contributed by atoms with van der Waals surface area (Å²) in [6, 6.07) is 16.1. The van der Waals surface area contributed by atoms with E-state index in [0.29, 0.717) is 13.1 Å². The fraction of sp³-hybridized carbons (Fsp3) is 0.208. The Bertz CT molecular complexity index is 1310. The molecule has 1 aliphatic rings. The van der Waals surface area contributed by atoms with Crippen LogP contribution in [0.4, 0.5) is 28.9 Å². The largest absolute Gasteiger partial charge is 0.416 e. The Kier molecular flexibility index (Phi) is 6.82. The van der Waals surface area contributed by atoms with Gasteiger partial charge >= 0.3 is 6.18 Å². The molecule has 0 unspecified atom stereocenters. The molecule has 0 radical (unpaired) electrons. The minimum atomic E-state index is -4.54. The van der Waals surface area contributed by atoms with Crippen LogP contribution in [0.15, 0.2) is 77.7 Å². The molecule has 0 atom stereocenters. The van der Waals surface area contributed by atoms with Gasteiger partial charge in [0.25, 0.3) is 5.91 Å². The van der Waals surface area contributed by atoms with Gasteiger partial charge in [-0.15, -0.1) is 0 Å². The fourth-order valence-corrected chi connectivity index (χ4v) is 5.20. The Morgan fingerprint density at radius 1 is 0.857 bits per heavy atom. The van der Waals surface area contributed by atoms with Crippen molar-refractivity contribution in [2.24, 2.45) is 0 Å². The van der Waals surface area contributed by atoms with Gasteiger partial charge in [-0.25, -0.2) is 12.8 Å². The molecule has 184 valence electrons. The first-order valence-electron chi connectivity index (χ1n) is 10.6. The Hall–Kier alpha value is -3.44. The lowest BCUT2D eigenvalue weighted by molar-refractivity contribution is -0.137. The standard InChI is InChI=1S/C24H21F4N3O3S/c25-22-11-10-20(16-21(22)23(32)29-18-8-6-17(7-9-18)24(26,27)28)35(33,34)31-14-12-30(13-15-31)19-4-2-1-3-5-19/h1-11,16H,12-15H2,(H,29,32). The van der Waals surface area contributed by atoms with E-state index in [4.69, 9.17) is 0 Å². The number of nitrogens with one attached hydrogen (secondary N) is 1. The Balaban J connectivity index is 1.49. The molecule has 0 saturated carbocycles. The van der Waals surface area contributed by atoms with E-state index in [1.54, 1.807) is 0 Å². The number of carbonyl (C=O) groups excluding carboxylic acids is 1. The molecule has 1 fully saturated rings. The number of hydrogen-bond acceptors (Lipinski definition) is 4. The summed E-state index contributed by atoms with van der Waals surface area (Å²) in [7, 11) is -4.00. The minimum Gasteiger partial charge on any atom is -0.369 e. The molecule has 11 heteroatoms. The molecule has 1 heterocycles. The van der Waals surface area contributed by atoms with Crippen LogP contribution >= 0.6 is 0 Å². The predicted molar refractivity (Wildman–Crippen MR) is 123 cm³/mol. The number of hydrogen-bond donors (Lipinski definition) is 1. The zero-order valence-electron chi connectivity index (χ0n) is 18.3. The number of anilines is 2. The molecule has 0 bridgehead atoms. The van der Waals surface area contributed by atoms with E-state index >= 15 is 0 Å². The molecule has 1 saturated heterocycles. The van der Waals surface area contributed by atoms with Crippen LogP contribution in [0.1, 0.15) is 15.9 Å². The van der Waals surface area contributed by atoms with Crippen molar-refractivity contribution in [3.63, 3.8) is 0 Å². The Morgan fingerprint density at radius 2 is 1.49 bits per heavy atom. The summed E-state index contributed by atoms with van der Waals surface area (Å²) in [6.07, 6.45) is -4.54. The van der Waals surface area contributed by atoms with Crippen molar-refractivity contribution >= 4 is 27.3 Å². The molecule has 1 amide bonds. The first-order chi connectivity index (χ1) is 16.6. The van der Waals surface area contributed by atoms with E-state index in [9.17, 15) is 30.8 Å². The van der Waals surface area contributed by atoms with Gasteiger partial charge in [0.15, 0.2) is 0 Å². The normalized spacial score (nSPS) is 15.1. The summed E-state index contributed by atoms with van der Waals surface area (Å²) in [4.78, 5) is 14.4. The van der Waals surface area contributed by atoms with Crippen molar-refractivity contribution in [2.75, 3.05) is 36.4 Å². The van der Waals surface area contributed by atoms with Crippen LogP contribution in [-0.4, -0.2) is 44.8 Å². The van der Waals surface area contributed by atoms with E-state index in [2.05, 4.69) is 10.2 Å². The summed E-state index contributed by atoms with van der Waals surface area (Å²) in [5, 5.41) is 2.30. The maximum absolute atomic E-state index is 14.4.